The summed E-state index contributed by atoms with van der Waals surface area (Å²) in [6, 6.07) is 6.26. The van der Waals surface area contributed by atoms with Gasteiger partial charge in [0, 0.05) is 28.9 Å². The quantitative estimate of drug-likeness (QED) is 0.354. The highest BCUT2D eigenvalue weighted by Gasteiger charge is 2.22. The van der Waals surface area contributed by atoms with Crippen LogP contribution in [0.3, 0.4) is 0 Å². The van der Waals surface area contributed by atoms with Crippen molar-refractivity contribution >= 4 is 38.8 Å². The Kier molecular flexibility index (Phi) is 5.62. The number of imidazole rings is 1. The number of aryl methyl sites for hydroxylation is 2. The number of thiophene rings is 1. The largest absolute Gasteiger partial charge is 0.494 e. The zero-order valence-electron chi connectivity index (χ0n) is 18.5. The summed E-state index contributed by atoms with van der Waals surface area (Å²) in [5.74, 6) is -0.391. The van der Waals surface area contributed by atoms with Gasteiger partial charge < -0.3 is 4.74 Å². The predicted octanol–water partition coefficient (Wildman–Crippen LogP) is 3.95. The number of hydrogen-bond donors (Lipinski definition) is 0. The van der Waals surface area contributed by atoms with E-state index >= 15 is 0 Å². The molecule has 0 amide bonds. The molecule has 4 heterocycles. The van der Waals surface area contributed by atoms with Gasteiger partial charge in [-0.25, -0.2) is 18.7 Å². The fourth-order valence-corrected chi connectivity index (χ4v) is 5.39. The molecule has 1 aromatic carbocycles. The SMILES string of the molecule is COc1cc(-c2cc3c(s2)c(=O)n(-c2cncc4ncc(C)n24)c(=O)n3CCC#N)c(Cl)cc1F. The van der Waals surface area contributed by atoms with E-state index in [0.29, 0.717) is 27.3 Å². The molecular weight excluding hydrogens is 495 g/mol. The van der Waals surface area contributed by atoms with Gasteiger partial charge in [-0.05, 0) is 25.1 Å². The minimum atomic E-state index is -0.619. The second-order valence-electron chi connectivity index (χ2n) is 7.63. The van der Waals surface area contributed by atoms with Crippen LogP contribution in [0.15, 0.2) is 46.4 Å². The number of fused-ring (bicyclic) bond motifs is 2. The molecule has 4 aromatic heterocycles. The Bertz CT molecular complexity index is 1800. The first kappa shape index (κ1) is 22.8. The van der Waals surface area contributed by atoms with Crippen molar-refractivity contribution in [3.8, 4) is 28.1 Å². The molecule has 0 aliphatic rings. The van der Waals surface area contributed by atoms with Crippen LogP contribution >= 0.6 is 22.9 Å². The van der Waals surface area contributed by atoms with Crippen LogP contribution in [0.5, 0.6) is 5.75 Å². The monoisotopic (exact) mass is 510 g/mol. The maximum absolute atomic E-state index is 14.1. The Morgan fingerprint density at radius 3 is 2.77 bits per heavy atom. The predicted molar refractivity (Wildman–Crippen MR) is 130 cm³/mol. The molecule has 0 atom stereocenters. The minimum absolute atomic E-state index is 0.00512. The number of nitrogens with zero attached hydrogens (tertiary/aromatic N) is 6. The van der Waals surface area contributed by atoms with Gasteiger partial charge in [-0.1, -0.05) is 11.6 Å². The van der Waals surface area contributed by atoms with Gasteiger partial charge in [-0.15, -0.1) is 11.3 Å². The molecule has 5 aromatic rings. The number of halogens is 2. The van der Waals surface area contributed by atoms with Gasteiger partial charge in [0.2, 0.25) is 0 Å². The molecular formula is C23H16ClFN6O3S. The summed E-state index contributed by atoms with van der Waals surface area (Å²) in [6.45, 7) is 1.86. The lowest BCUT2D eigenvalue weighted by molar-refractivity contribution is 0.387. The van der Waals surface area contributed by atoms with Gasteiger partial charge in [0.05, 0.1) is 42.5 Å². The van der Waals surface area contributed by atoms with E-state index in [-0.39, 0.29) is 34.3 Å². The third-order valence-electron chi connectivity index (χ3n) is 5.58. The Morgan fingerprint density at radius 1 is 1.23 bits per heavy atom. The molecule has 5 rings (SSSR count). The standard InChI is InChI=1S/C23H16ClFN6O3S/c1-12-9-28-19-10-27-11-20(30(12)19)31-22(32)21-16(29(23(31)33)5-3-4-26)8-18(35-21)13-6-17(34-2)15(25)7-14(13)24/h6-11H,3,5H2,1-2H3. The molecule has 0 bridgehead atoms. The Morgan fingerprint density at radius 2 is 2.03 bits per heavy atom. The van der Waals surface area contributed by atoms with Crippen molar-refractivity contribution in [2.75, 3.05) is 7.11 Å². The topological polar surface area (TPSA) is 107 Å². The molecule has 0 aliphatic carbocycles. The summed E-state index contributed by atoms with van der Waals surface area (Å²) >= 11 is 7.42. The van der Waals surface area contributed by atoms with Crippen LogP contribution in [-0.2, 0) is 6.54 Å². The summed E-state index contributed by atoms with van der Waals surface area (Å²) < 4.78 is 23.5. The van der Waals surface area contributed by atoms with Gasteiger partial charge in [-0.3, -0.25) is 18.7 Å². The molecule has 0 radical (unpaired) electrons. The van der Waals surface area contributed by atoms with Crippen molar-refractivity contribution in [3.63, 3.8) is 0 Å². The molecule has 0 spiro atoms. The second kappa shape index (κ2) is 8.65. The van der Waals surface area contributed by atoms with Crippen LogP contribution in [0.4, 0.5) is 4.39 Å². The average molecular weight is 511 g/mol. The van der Waals surface area contributed by atoms with E-state index in [1.54, 1.807) is 23.6 Å². The molecule has 35 heavy (non-hydrogen) atoms. The number of hydrogen-bond acceptors (Lipinski definition) is 7. The number of nitriles is 1. The van der Waals surface area contributed by atoms with E-state index in [0.717, 1.165) is 22.0 Å². The number of benzene rings is 1. The number of ether oxygens (including phenoxy) is 1. The zero-order chi connectivity index (χ0) is 24.9. The van der Waals surface area contributed by atoms with Crippen LogP contribution in [0.25, 0.3) is 32.1 Å². The first-order valence-electron chi connectivity index (χ1n) is 10.3. The maximum atomic E-state index is 14.1. The highest BCUT2D eigenvalue weighted by atomic mass is 35.5. The minimum Gasteiger partial charge on any atom is -0.494 e. The van der Waals surface area contributed by atoms with E-state index in [1.807, 2.05) is 6.07 Å². The highest BCUT2D eigenvalue weighted by Crippen LogP contribution is 2.39. The van der Waals surface area contributed by atoms with Crippen molar-refractivity contribution in [3.05, 3.63) is 74.2 Å². The lowest BCUT2D eigenvalue weighted by Crippen LogP contribution is -2.39. The van der Waals surface area contributed by atoms with E-state index in [2.05, 4.69) is 9.97 Å². The normalized spacial score (nSPS) is 11.3. The van der Waals surface area contributed by atoms with E-state index in [1.165, 1.54) is 30.1 Å². The van der Waals surface area contributed by atoms with Crippen LogP contribution in [-0.4, -0.2) is 30.6 Å². The third kappa shape index (κ3) is 3.58. The second-order valence-corrected chi connectivity index (χ2v) is 9.09. The molecule has 9 nitrogen and oxygen atoms in total. The van der Waals surface area contributed by atoms with Crippen molar-refractivity contribution < 1.29 is 9.13 Å². The summed E-state index contributed by atoms with van der Waals surface area (Å²) in [5, 5.41) is 9.29. The molecule has 0 N–H and O–H groups in total. The fraction of sp³-hybridized carbons (Fsp3) is 0.174. The fourth-order valence-electron chi connectivity index (χ4n) is 3.97. The summed E-state index contributed by atoms with van der Waals surface area (Å²) in [7, 11) is 1.34. The Labute approximate surface area is 205 Å². The van der Waals surface area contributed by atoms with Crippen LogP contribution in [0, 0.1) is 24.1 Å². The van der Waals surface area contributed by atoms with Gasteiger partial charge in [0.1, 0.15) is 10.5 Å². The van der Waals surface area contributed by atoms with Gasteiger partial charge in [0.25, 0.3) is 5.56 Å². The molecule has 0 unspecified atom stereocenters. The molecule has 12 heteroatoms. The summed E-state index contributed by atoms with van der Waals surface area (Å²) in [4.78, 5) is 36.2. The molecule has 0 saturated carbocycles. The number of aromatic nitrogens is 5. The lowest BCUT2D eigenvalue weighted by Gasteiger charge is -2.12. The van der Waals surface area contributed by atoms with Crippen molar-refractivity contribution in [1.29, 1.82) is 5.26 Å². The lowest BCUT2D eigenvalue weighted by atomic mass is 10.1. The van der Waals surface area contributed by atoms with Crippen molar-refractivity contribution in [2.45, 2.75) is 19.9 Å². The molecule has 0 fully saturated rings. The summed E-state index contributed by atoms with van der Waals surface area (Å²) in [6.07, 6.45) is 4.62. The smallest absolute Gasteiger partial charge is 0.337 e. The van der Waals surface area contributed by atoms with E-state index in [4.69, 9.17) is 21.6 Å². The molecule has 176 valence electrons. The maximum Gasteiger partial charge on any atom is 0.337 e. The molecule has 0 saturated heterocycles. The van der Waals surface area contributed by atoms with E-state index < -0.39 is 17.1 Å². The van der Waals surface area contributed by atoms with Crippen molar-refractivity contribution in [1.82, 2.24) is 23.5 Å². The molecule has 0 aliphatic heterocycles. The van der Waals surface area contributed by atoms with E-state index in [9.17, 15) is 14.0 Å². The van der Waals surface area contributed by atoms with Crippen LogP contribution < -0.4 is 16.0 Å². The van der Waals surface area contributed by atoms with Gasteiger partial charge in [-0.2, -0.15) is 5.26 Å². The summed E-state index contributed by atoms with van der Waals surface area (Å²) in [5.41, 5.74) is 0.824. The Balaban J connectivity index is 1.86. The first-order chi connectivity index (χ1) is 16.8. The van der Waals surface area contributed by atoms with Gasteiger partial charge in [0.15, 0.2) is 17.2 Å². The zero-order valence-corrected chi connectivity index (χ0v) is 20.0. The van der Waals surface area contributed by atoms with Crippen LogP contribution in [0.2, 0.25) is 5.02 Å². The Hall–Kier alpha value is -4.01. The number of rotatable bonds is 5. The third-order valence-corrected chi connectivity index (χ3v) is 7.04. The number of methoxy groups -OCH3 is 1. The average Bonchev–Trinajstić information content (AvgIpc) is 3.44. The highest BCUT2D eigenvalue weighted by molar-refractivity contribution is 7.22. The van der Waals surface area contributed by atoms with Crippen LogP contribution in [0.1, 0.15) is 12.1 Å². The van der Waals surface area contributed by atoms with Crippen molar-refractivity contribution in [2.24, 2.45) is 0 Å². The first-order valence-corrected chi connectivity index (χ1v) is 11.5. The van der Waals surface area contributed by atoms with Gasteiger partial charge >= 0.3 is 5.69 Å².